The van der Waals surface area contributed by atoms with Gasteiger partial charge in [0, 0.05) is 12.7 Å². The lowest BCUT2D eigenvalue weighted by molar-refractivity contribution is 0.701. The number of fused-ring (bicyclic) bond motifs is 1. The van der Waals surface area contributed by atoms with Crippen molar-refractivity contribution in [3.05, 3.63) is 36.2 Å². The van der Waals surface area contributed by atoms with Crippen molar-refractivity contribution in [2.75, 3.05) is 6.54 Å². The smallest absolute Gasteiger partial charge is 0.0773 e. The second-order valence-electron chi connectivity index (χ2n) is 2.99. The van der Waals surface area contributed by atoms with Gasteiger partial charge >= 0.3 is 0 Å². The van der Waals surface area contributed by atoms with E-state index in [-0.39, 0.29) is 0 Å². The Morgan fingerprint density at radius 2 is 2.38 bits per heavy atom. The van der Waals surface area contributed by atoms with E-state index in [1.54, 1.807) is 0 Å². The first-order valence-corrected chi connectivity index (χ1v) is 4.54. The zero-order valence-electron chi connectivity index (χ0n) is 7.70. The van der Waals surface area contributed by atoms with Crippen LogP contribution >= 0.6 is 0 Å². The summed E-state index contributed by atoms with van der Waals surface area (Å²) in [4.78, 5) is 0. The predicted octanol–water partition coefficient (Wildman–Crippen LogP) is 1.44. The van der Waals surface area contributed by atoms with Gasteiger partial charge in [-0.05, 0) is 24.7 Å². The van der Waals surface area contributed by atoms with E-state index >= 15 is 0 Å². The molecule has 0 aliphatic heterocycles. The van der Waals surface area contributed by atoms with Crippen LogP contribution in [0.1, 0.15) is 12.6 Å². The standard InChI is InChI=1S/C10H13N3/c1-2-11-8-9-7-10-5-3-4-6-13(10)12-9/h3-7,11H,2,8H2,1H3. The van der Waals surface area contributed by atoms with Crippen molar-refractivity contribution in [1.82, 2.24) is 14.9 Å². The first-order chi connectivity index (χ1) is 6.40. The van der Waals surface area contributed by atoms with Gasteiger partial charge in [-0.1, -0.05) is 13.0 Å². The molecule has 0 atom stereocenters. The summed E-state index contributed by atoms with van der Waals surface area (Å²) in [7, 11) is 0. The normalized spacial score (nSPS) is 10.8. The van der Waals surface area contributed by atoms with Crippen molar-refractivity contribution < 1.29 is 0 Å². The van der Waals surface area contributed by atoms with E-state index in [1.165, 1.54) is 0 Å². The number of nitrogens with one attached hydrogen (secondary N) is 1. The molecule has 0 radical (unpaired) electrons. The fraction of sp³-hybridized carbons (Fsp3) is 0.300. The van der Waals surface area contributed by atoms with Gasteiger partial charge in [0.1, 0.15) is 0 Å². The van der Waals surface area contributed by atoms with E-state index in [2.05, 4.69) is 29.5 Å². The molecule has 0 spiro atoms. The third-order valence-electron chi connectivity index (χ3n) is 1.98. The largest absolute Gasteiger partial charge is 0.311 e. The summed E-state index contributed by atoms with van der Waals surface area (Å²) in [6.45, 7) is 3.92. The van der Waals surface area contributed by atoms with E-state index in [9.17, 15) is 0 Å². The number of nitrogens with zero attached hydrogens (tertiary/aromatic N) is 2. The van der Waals surface area contributed by atoms with Gasteiger partial charge in [-0.3, -0.25) is 0 Å². The van der Waals surface area contributed by atoms with E-state index in [1.807, 2.05) is 22.8 Å². The Morgan fingerprint density at radius 3 is 3.15 bits per heavy atom. The summed E-state index contributed by atoms with van der Waals surface area (Å²) >= 11 is 0. The van der Waals surface area contributed by atoms with Crippen LogP contribution in [0.3, 0.4) is 0 Å². The minimum atomic E-state index is 0.845. The maximum absolute atomic E-state index is 4.40. The Labute approximate surface area is 77.4 Å². The Hall–Kier alpha value is -1.35. The summed E-state index contributed by atoms with van der Waals surface area (Å²) in [5.74, 6) is 0. The summed E-state index contributed by atoms with van der Waals surface area (Å²) < 4.78 is 1.90. The highest BCUT2D eigenvalue weighted by molar-refractivity contribution is 5.46. The van der Waals surface area contributed by atoms with Gasteiger partial charge < -0.3 is 5.32 Å². The molecule has 0 aromatic carbocycles. The third kappa shape index (κ3) is 1.70. The van der Waals surface area contributed by atoms with Crippen LogP contribution in [-0.2, 0) is 6.54 Å². The average Bonchev–Trinajstić information content (AvgIpc) is 2.57. The van der Waals surface area contributed by atoms with E-state index in [4.69, 9.17) is 0 Å². The molecule has 2 rings (SSSR count). The van der Waals surface area contributed by atoms with Gasteiger partial charge in [-0.25, -0.2) is 4.52 Å². The molecule has 0 aliphatic carbocycles. The zero-order valence-corrected chi connectivity index (χ0v) is 7.70. The van der Waals surface area contributed by atoms with Crippen LogP contribution in [0, 0.1) is 0 Å². The molecule has 2 aromatic heterocycles. The maximum Gasteiger partial charge on any atom is 0.0773 e. The second-order valence-corrected chi connectivity index (χ2v) is 2.99. The molecule has 0 saturated carbocycles. The quantitative estimate of drug-likeness (QED) is 0.765. The van der Waals surface area contributed by atoms with E-state index in [0.717, 1.165) is 24.3 Å². The molecule has 13 heavy (non-hydrogen) atoms. The van der Waals surface area contributed by atoms with Gasteiger partial charge in [0.05, 0.1) is 11.2 Å². The van der Waals surface area contributed by atoms with Crippen molar-refractivity contribution in [1.29, 1.82) is 0 Å². The first kappa shape index (κ1) is 8.26. The van der Waals surface area contributed by atoms with E-state index < -0.39 is 0 Å². The molecule has 0 amide bonds. The fourth-order valence-corrected chi connectivity index (χ4v) is 1.33. The van der Waals surface area contributed by atoms with Crippen molar-refractivity contribution in [3.63, 3.8) is 0 Å². The number of hydrogen-bond acceptors (Lipinski definition) is 2. The molecule has 2 heterocycles. The van der Waals surface area contributed by atoms with Gasteiger partial charge in [-0.15, -0.1) is 0 Å². The Morgan fingerprint density at radius 1 is 1.46 bits per heavy atom. The van der Waals surface area contributed by atoms with Crippen molar-refractivity contribution in [2.24, 2.45) is 0 Å². The molecular weight excluding hydrogens is 162 g/mol. The maximum atomic E-state index is 4.40. The van der Waals surface area contributed by atoms with Crippen LogP contribution in [0.15, 0.2) is 30.5 Å². The second kappa shape index (κ2) is 3.58. The monoisotopic (exact) mass is 175 g/mol. The fourth-order valence-electron chi connectivity index (χ4n) is 1.33. The van der Waals surface area contributed by atoms with Crippen LogP contribution in [0.2, 0.25) is 0 Å². The molecule has 0 fully saturated rings. The third-order valence-corrected chi connectivity index (χ3v) is 1.98. The minimum absolute atomic E-state index is 0.845. The molecule has 0 unspecified atom stereocenters. The highest BCUT2D eigenvalue weighted by Gasteiger charge is 1.98. The SMILES string of the molecule is CCNCc1cc2ccccn2n1. The number of rotatable bonds is 3. The van der Waals surface area contributed by atoms with Crippen molar-refractivity contribution in [3.8, 4) is 0 Å². The van der Waals surface area contributed by atoms with Gasteiger partial charge in [0.25, 0.3) is 0 Å². The molecule has 3 heteroatoms. The predicted molar refractivity (Wildman–Crippen MR) is 52.6 cm³/mol. The van der Waals surface area contributed by atoms with Crippen LogP contribution in [0.25, 0.3) is 5.52 Å². The summed E-state index contributed by atoms with van der Waals surface area (Å²) in [5, 5.41) is 7.65. The summed E-state index contributed by atoms with van der Waals surface area (Å²) in [6.07, 6.45) is 1.96. The lowest BCUT2D eigenvalue weighted by Crippen LogP contribution is -2.11. The Kier molecular flexibility index (Phi) is 2.27. The number of aromatic nitrogens is 2. The Balaban J connectivity index is 2.28. The summed E-state index contributed by atoms with van der Waals surface area (Å²) in [5.41, 5.74) is 2.24. The molecule has 3 nitrogen and oxygen atoms in total. The van der Waals surface area contributed by atoms with Crippen LogP contribution in [0.5, 0.6) is 0 Å². The van der Waals surface area contributed by atoms with Crippen LogP contribution in [0.4, 0.5) is 0 Å². The van der Waals surface area contributed by atoms with Gasteiger partial charge in [0.15, 0.2) is 0 Å². The lowest BCUT2D eigenvalue weighted by Gasteiger charge is -1.94. The zero-order chi connectivity index (χ0) is 9.10. The minimum Gasteiger partial charge on any atom is -0.311 e. The molecule has 1 N–H and O–H groups in total. The topological polar surface area (TPSA) is 29.3 Å². The molecule has 0 aliphatic rings. The van der Waals surface area contributed by atoms with Crippen molar-refractivity contribution >= 4 is 5.52 Å². The van der Waals surface area contributed by atoms with Crippen LogP contribution < -0.4 is 5.32 Å². The highest BCUT2D eigenvalue weighted by Crippen LogP contribution is 2.04. The number of hydrogen-bond donors (Lipinski definition) is 1. The molecule has 0 bridgehead atoms. The number of pyridine rings is 1. The van der Waals surface area contributed by atoms with Gasteiger partial charge in [0.2, 0.25) is 0 Å². The van der Waals surface area contributed by atoms with Crippen LogP contribution in [-0.4, -0.2) is 16.2 Å². The van der Waals surface area contributed by atoms with Crippen molar-refractivity contribution in [2.45, 2.75) is 13.5 Å². The highest BCUT2D eigenvalue weighted by atomic mass is 15.2. The molecular formula is C10H13N3. The Bertz CT molecular complexity index is 359. The summed E-state index contributed by atoms with van der Waals surface area (Å²) in [6, 6.07) is 8.16. The molecule has 68 valence electrons. The lowest BCUT2D eigenvalue weighted by atomic mass is 10.3. The first-order valence-electron chi connectivity index (χ1n) is 4.54. The molecule has 2 aromatic rings. The van der Waals surface area contributed by atoms with Gasteiger partial charge in [-0.2, -0.15) is 5.10 Å². The average molecular weight is 175 g/mol. The van der Waals surface area contributed by atoms with E-state index in [0.29, 0.717) is 0 Å². The molecule has 0 saturated heterocycles.